The van der Waals surface area contributed by atoms with Crippen LogP contribution in [0.25, 0.3) is 10.8 Å². The molecule has 1 aliphatic rings. The maximum absolute atomic E-state index is 13.6. The van der Waals surface area contributed by atoms with Crippen molar-refractivity contribution in [3.63, 3.8) is 0 Å². The Hall–Kier alpha value is -6.30. The maximum atomic E-state index is 13.6. The van der Waals surface area contributed by atoms with Crippen molar-refractivity contribution in [2.75, 3.05) is 0 Å². The number of carbonyl (C=O) groups excluding carboxylic acids is 5. The predicted molar refractivity (Wildman–Crippen MR) is 203 cm³/mol. The quantitative estimate of drug-likeness (QED) is 0.117. The second-order valence-electron chi connectivity index (χ2n) is 14.5. The minimum atomic E-state index is -0.928. The number of imide groups is 1. The van der Waals surface area contributed by atoms with E-state index >= 15 is 0 Å². The summed E-state index contributed by atoms with van der Waals surface area (Å²) in [5, 5.41) is 4.76. The van der Waals surface area contributed by atoms with Gasteiger partial charge in [-0.2, -0.15) is 0 Å². The Morgan fingerprint density at radius 2 is 1.61 bits per heavy atom. The molecule has 0 saturated heterocycles. The van der Waals surface area contributed by atoms with E-state index in [2.05, 4.69) is 15.3 Å². The number of aryl methyl sites for hydroxylation is 1. The van der Waals surface area contributed by atoms with Crippen LogP contribution >= 0.6 is 0 Å². The first-order chi connectivity index (χ1) is 25.8. The fourth-order valence-corrected chi connectivity index (χ4v) is 6.66. The fraction of sp³-hybridized carbons (Fsp3) is 0.286. The molecule has 2 atom stereocenters. The lowest BCUT2D eigenvalue weighted by Crippen LogP contribution is -2.44. The summed E-state index contributed by atoms with van der Waals surface area (Å²) in [5.74, 6) is -1.21. The lowest BCUT2D eigenvalue weighted by molar-refractivity contribution is -0.120. The first-order valence-corrected chi connectivity index (χ1v) is 17.9. The van der Waals surface area contributed by atoms with Crippen molar-refractivity contribution < 1.29 is 28.7 Å². The molecule has 12 heteroatoms. The Kier molecular flexibility index (Phi) is 10.9. The molecular weight excluding hydrogens is 684 g/mol. The predicted octanol–water partition coefficient (Wildman–Crippen LogP) is 6.46. The molecule has 278 valence electrons. The van der Waals surface area contributed by atoms with E-state index in [0.717, 1.165) is 27.5 Å². The van der Waals surface area contributed by atoms with Crippen LogP contribution in [0.2, 0.25) is 0 Å². The van der Waals surface area contributed by atoms with Gasteiger partial charge in [-0.15, -0.1) is 0 Å². The van der Waals surface area contributed by atoms with Crippen LogP contribution in [0.5, 0.6) is 0 Å². The summed E-state index contributed by atoms with van der Waals surface area (Å²) in [6.45, 7) is 7.66. The van der Waals surface area contributed by atoms with Gasteiger partial charge in [-0.3, -0.25) is 29.0 Å². The van der Waals surface area contributed by atoms with Gasteiger partial charge in [0, 0.05) is 24.5 Å². The van der Waals surface area contributed by atoms with Gasteiger partial charge in [0.15, 0.2) is 0 Å². The summed E-state index contributed by atoms with van der Waals surface area (Å²) in [4.78, 5) is 75.6. The Bertz CT molecular complexity index is 2190. The molecule has 54 heavy (non-hydrogen) atoms. The fourth-order valence-electron chi connectivity index (χ4n) is 6.66. The molecule has 1 aromatic heterocycles. The number of nitrogens with zero attached hydrogens (tertiary/aromatic N) is 3. The van der Waals surface area contributed by atoms with Crippen LogP contribution < -0.4 is 11.1 Å². The standard InChI is InChI=1S/C42H44N6O6/c1-26(31-13-8-11-29-10-5-6-12-32(29)31)48-39(51)33-20-17-27(23-34(33)40(48)52)9-7-14-35(37(43)49)46-38(50)30-18-15-28(16-19-30)24-47(25-36-44-21-22-45-36)41(53)54-42(2,3)4/h5-6,8,10-13,15-23,26,35H,7,9,14,24-25H2,1-4H3,(H2,43,49)(H,44,45)(H,46,50)/t26-,35-/m0/s1. The number of benzene rings is 4. The Labute approximate surface area is 313 Å². The minimum Gasteiger partial charge on any atom is -0.444 e. The van der Waals surface area contributed by atoms with E-state index in [0.29, 0.717) is 35.4 Å². The van der Waals surface area contributed by atoms with Crippen LogP contribution in [0.15, 0.2) is 97.3 Å². The molecule has 4 aromatic carbocycles. The maximum Gasteiger partial charge on any atom is 0.410 e. The number of primary amides is 1. The number of carbonyl (C=O) groups is 5. The van der Waals surface area contributed by atoms with Crippen LogP contribution in [-0.4, -0.2) is 61.1 Å². The molecule has 0 aliphatic carbocycles. The summed E-state index contributed by atoms with van der Waals surface area (Å²) >= 11 is 0. The summed E-state index contributed by atoms with van der Waals surface area (Å²) in [6, 6.07) is 24.3. The van der Waals surface area contributed by atoms with E-state index in [4.69, 9.17) is 10.5 Å². The summed E-state index contributed by atoms with van der Waals surface area (Å²) in [5.41, 5.74) is 8.51. The lowest BCUT2D eigenvalue weighted by Gasteiger charge is -2.27. The molecule has 5 amide bonds. The number of ether oxygens (including phenoxy) is 1. The summed E-state index contributed by atoms with van der Waals surface area (Å²) in [7, 11) is 0. The number of rotatable bonds is 13. The molecular formula is C42H44N6O6. The lowest BCUT2D eigenvalue weighted by atomic mass is 9.99. The van der Waals surface area contributed by atoms with Crippen LogP contribution in [0.1, 0.15) is 100 Å². The Morgan fingerprint density at radius 3 is 2.31 bits per heavy atom. The normalized spacial score (nSPS) is 13.7. The van der Waals surface area contributed by atoms with Crippen LogP contribution in [0.3, 0.4) is 0 Å². The average Bonchev–Trinajstić information content (AvgIpc) is 3.74. The third-order valence-corrected chi connectivity index (χ3v) is 9.39. The molecule has 5 aromatic rings. The topological polar surface area (TPSA) is 168 Å². The number of hydrogen-bond acceptors (Lipinski definition) is 7. The van der Waals surface area contributed by atoms with Gasteiger partial charge in [-0.1, -0.05) is 60.7 Å². The zero-order valence-corrected chi connectivity index (χ0v) is 30.8. The second-order valence-corrected chi connectivity index (χ2v) is 14.5. The molecule has 0 unspecified atom stereocenters. The van der Waals surface area contributed by atoms with Gasteiger partial charge in [0.25, 0.3) is 17.7 Å². The number of aromatic amines is 1. The number of H-pyrrole nitrogens is 1. The van der Waals surface area contributed by atoms with Gasteiger partial charge in [-0.25, -0.2) is 9.78 Å². The SMILES string of the molecule is C[C@@H](c1cccc2ccccc12)N1C(=O)c2ccc(CCC[C@H](NC(=O)c3ccc(CN(Cc4ncc[nH]4)C(=O)OC(C)(C)C)cc3)C(N)=O)cc2C1=O. The van der Waals surface area contributed by atoms with Gasteiger partial charge in [0.1, 0.15) is 17.5 Å². The highest BCUT2D eigenvalue weighted by Gasteiger charge is 2.39. The number of hydrogen-bond donors (Lipinski definition) is 3. The molecule has 0 saturated carbocycles. The van der Waals surface area contributed by atoms with Gasteiger partial charge in [0.05, 0.1) is 23.7 Å². The van der Waals surface area contributed by atoms with E-state index in [1.807, 2.05) is 55.5 Å². The average molecular weight is 729 g/mol. The zero-order chi connectivity index (χ0) is 38.6. The number of nitrogens with one attached hydrogen (secondary N) is 2. The number of aromatic nitrogens is 2. The minimum absolute atomic E-state index is 0.202. The molecule has 2 heterocycles. The summed E-state index contributed by atoms with van der Waals surface area (Å²) < 4.78 is 5.58. The van der Waals surface area contributed by atoms with Gasteiger partial charge >= 0.3 is 6.09 Å². The molecule has 4 N–H and O–H groups in total. The highest BCUT2D eigenvalue weighted by atomic mass is 16.6. The van der Waals surface area contributed by atoms with Crippen LogP contribution in [0, 0.1) is 0 Å². The van der Waals surface area contributed by atoms with Crippen LogP contribution in [-0.2, 0) is 29.0 Å². The number of amides is 5. The van der Waals surface area contributed by atoms with Gasteiger partial charge in [-0.05, 0) is 98.7 Å². The highest BCUT2D eigenvalue weighted by Crippen LogP contribution is 2.35. The van der Waals surface area contributed by atoms with Gasteiger partial charge in [0.2, 0.25) is 5.91 Å². The van der Waals surface area contributed by atoms with Crippen molar-refractivity contribution in [2.45, 2.75) is 77.7 Å². The number of fused-ring (bicyclic) bond motifs is 2. The van der Waals surface area contributed by atoms with E-state index < -0.39 is 35.6 Å². The molecule has 12 nitrogen and oxygen atoms in total. The Morgan fingerprint density at radius 1 is 0.907 bits per heavy atom. The molecule has 0 radical (unpaired) electrons. The van der Waals surface area contributed by atoms with Crippen molar-refractivity contribution in [3.8, 4) is 0 Å². The second kappa shape index (κ2) is 15.7. The van der Waals surface area contributed by atoms with Crippen molar-refractivity contribution in [1.82, 2.24) is 25.1 Å². The molecule has 1 aliphatic heterocycles. The molecule has 0 spiro atoms. The van der Waals surface area contributed by atoms with Crippen molar-refractivity contribution in [2.24, 2.45) is 5.73 Å². The largest absolute Gasteiger partial charge is 0.444 e. The third-order valence-electron chi connectivity index (χ3n) is 9.39. The highest BCUT2D eigenvalue weighted by molar-refractivity contribution is 6.21. The van der Waals surface area contributed by atoms with E-state index in [1.165, 1.54) is 9.80 Å². The number of nitrogens with two attached hydrogens (primary N) is 1. The molecule has 6 rings (SSSR count). The van der Waals surface area contributed by atoms with Crippen LogP contribution in [0.4, 0.5) is 4.79 Å². The van der Waals surface area contributed by atoms with Crippen molar-refractivity contribution in [1.29, 1.82) is 0 Å². The first-order valence-electron chi connectivity index (χ1n) is 17.9. The van der Waals surface area contributed by atoms with E-state index in [1.54, 1.807) is 69.6 Å². The zero-order valence-electron chi connectivity index (χ0n) is 30.8. The van der Waals surface area contributed by atoms with E-state index in [9.17, 15) is 24.0 Å². The van der Waals surface area contributed by atoms with Crippen molar-refractivity contribution >= 4 is 40.5 Å². The third kappa shape index (κ3) is 8.49. The first kappa shape index (κ1) is 37.5. The smallest absolute Gasteiger partial charge is 0.410 e. The molecule has 0 fully saturated rings. The van der Waals surface area contributed by atoms with Gasteiger partial charge < -0.3 is 20.8 Å². The van der Waals surface area contributed by atoms with E-state index in [-0.39, 0.29) is 31.3 Å². The molecule has 0 bridgehead atoms. The monoisotopic (exact) mass is 728 g/mol. The van der Waals surface area contributed by atoms with Crippen molar-refractivity contribution in [3.05, 3.63) is 137 Å². The number of imidazole rings is 1. The Balaban J connectivity index is 1.05. The summed E-state index contributed by atoms with van der Waals surface area (Å²) in [6.07, 6.45) is 4.03.